The van der Waals surface area contributed by atoms with Gasteiger partial charge in [0, 0.05) is 25.7 Å². The monoisotopic (exact) mass is 248 g/mol. The highest BCUT2D eigenvalue weighted by atomic mass is 32.2. The average Bonchev–Trinajstić information content (AvgIpc) is 2.97. The van der Waals surface area contributed by atoms with Gasteiger partial charge in [-0.05, 0) is 25.7 Å². The third-order valence-corrected chi connectivity index (χ3v) is 5.16. The number of hydrogen-bond donors (Lipinski definition) is 1. The van der Waals surface area contributed by atoms with Crippen LogP contribution in [-0.2, 0) is 10.0 Å². The molecule has 1 aliphatic carbocycles. The van der Waals surface area contributed by atoms with Crippen LogP contribution in [0.15, 0.2) is 0 Å². The van der Waals surface area contributed by atoms with Gasteiger partial charge in [-0.25, -0.2) is 12.7 Å². The molecule has 0 amide bonds. The molecule has 1 rings (SSSR count). The molecule has 0 aliphatic heterocycles. The van der Waals surface area contributed by atoms with E-state index in [0.29, 0.717) is 18.5 Å². The Hall–Kier alpha value is -0.130. The lowest BCUT2D eigenvalue weighted by Gasteiger charge is -2.24. The molecular formula is C11H24N2O2S. The lowest BCUT2D eigenvalue weighted by atomic mass is 10.2. The first-order valence-electron chi connectivity index (χ1n) is 6.03. The van der Waals surface area contributed by atoms with Gasteiger partial charge in [-0.1, -0.05) is 13.8 Å². The van der Waals surface area contributed by atoms with Crippen molar-refractivity contribution in [3.8, 4) is 0 Å². The average molecular weight is 248 g/mol. The van der Waals surface area contributed by atoms with Crippen molar-refractivity contribution >= 4 is 10.0 Å². The summed E-state index contributed by atoms with van der Waals surface area (Å²) in [5.74, 6) is 0.775. The van der Waals surface area contributed by atoms with Gasteiger partial charge in [0.1, 0.15) is 0 Å². The minimum Gasteiger partial charge on any atom is -0.313 e. The summed E-state index contributed by atoms with van der Waals surface area (Å²) < 4.78 is 25.5. The Morgan fingerprint density at radius 3 is 2.31 bits per heavy atom. The molecule has 96 valence electrons. The van der Waals surface area contributed by atoms with E-state index < -0.39 is 10.0 Å². The summed E-state index contributed by atoms with van der Waals surface area (Å²) in [6, 6.07) is 0.491. The molecule has 16 heavy (non-hydrogen) atoms. The normalized spacial score (nSPS) is 19.4. The van der Waals surface area contributed by atoms with Crippen molar-refractivity contribution in [2.75, 3.05) is 19.3 Å². The molecule has 0 saturated heterocycles. The number of sulfonamides is 1. The third kappa shape index (κ3) is 4.03. The maximum Gasteiger partial charge on any atom is 0.215 e. The van der Waals surface area contributed by atoms with Crippen LogP contribution in [0.5, 0.6) is 0 Å². The largest absolute Gasteiger partial charge is 0.313 e. The quantitative estimate of drug-likeness (QED) is 0.732. The molecule has 0 aromatic carbocycles. The van der Waals surface area contributed by atoms with Crippen LogP contribution in [0.25, 0.3) is 0 Å². The molecule has 0 heterocycles. The van der Waals surface area contributed by atoms with Crippen molar-refractivity contribution in [2.45, 2.75) is 45.7 Å². The van der Waals surface area contributed by atoms with Crippen LogP contribution in [0, 0.1) is 5.92 Å². The number of nitrogens with zero attached hydrogens (tertiary/aromatic N) is 1. The Bertz CT molecular complexity index is 310. The highest BCUT2D eigenvalue weighted by Crippen LogP contribution is 2.35. The van der Waals surface area contributed by atoms with E-state index in [0.717, 1.165) is 0 Å². The van der Waals surface area contributed by atoms with Crippen LogP contribution in [0.4, 0.5) is 0 Å². The molecule has 0 radical (unpaired) electrons. The molecule has 0 aromatic heterocycles. The lowest BCUT2D eigenvalue weighted by Crippen LogP contribution is -2.40. The lowest BCUT2D eigenvalue weighted by molar-refractivity contribution is 0.356. The van der Waals surface area contributed by atoms with Crippen molar-refractivity contribution < 1.29 is 8.42 Å². The van der Waals surface area contributed by atoms with Gasteiger partial charge in [-0.15, -0.1) is 0 Å². The maximum absolute atomic E-state index is 12.0. The van der Waals surface area contributed by atoms with Crippen molar-refractivity contribution in [3.63, 3.8) is 0 Å². The molecule has 1 atom stereocenters. The summed E-state index contributed by atoms with van der Waals surface area (Å²) >= 11 is 0. The predicted molar refractivity (Wildman–Crippen MR) is 66.9 cm³/mol. The standard InChI is InChI=1S/C11H24N2O2S/c1-9(2)12-7-8-16(14,15)13(4)10(3)11-5-6-11/h9-12H,5-8H2,1-4H3. The van der Waals surface area contributed by atoms with Gasteiger partial charge in [0.15, 0.2) is 0 Å². The van der Waals surface area contributed by atoms with Gasteiger partial charge < -0.3 is 5.32 Å². The van der Waals surface area contributed by atoms with E-state index in [9.17, 15) is 8.42 Å². The summed E-state index contributed by atoms with van der Waals surface area (Å²) in [5.41, 5.74) is 0. The molecule has 0 spiro atoms. The molecule has 0 bridgehead atoms. The Morgan fingerprint density at radius 2 is 1.88 bits per heavy atom. The van der Waals surface area contributed by atoms with Gasteiger partial charge in [0.2, 0.25) is 10.0 Å². The summed E-state index contributed by atoms with van der Waals surface area (Å²) in [5, 5.41) is 3.13. The van der Waals surface area contributed by atoms with Crippen molar-refractivity contribution in [3.05, 3.63) is 0 Å². The zero-order valence-electron chi connectivity index (χ0n) is 10.7. The third-order valence-electron chi connectivity index (χ3n) is 3.23. The number of rotatable bonds is 7. The minimum atomic E-state index is -3.09. The summed E-state index contributed by atoms with van der Waals surface area (Å²) in [7, 11) is -1.39. The summed E-state index contributed by atoms with van der Waals surface area (Å²) in [4.78, 5) is 0. The zero-order chi connectivity index (χ0) is 12.3. The van der Waals surface area contributed by atoms with Crippen molar-refractivity contribution in [2.24, 2.45) is 5.92 Å². The molecule has 1 saturated carbocycles. The maximum atomic E-state index is 12.0. The highest BCUT2D eigenvalue weighted by Gasteiger charge is 2.34. The van der Waals surface area contributed by atoms with Gasteiger partial charge in [0.25, 0.3) is 0 Å². The van der Waals surface area contributed by atoms with E-state index in [1.165, 1.54) is 12.8 Å². The molecule has 1 unspecified atom stereocenters. The van der Waals surface area contributed by atoms with Gasteiger partial charge in [-0.2, -0.15) is 0 Å². The van der Waals surface area contributed by atoms with E-state index in [4.69, 9.17) is 0 Å². The second-order valence-electron chi connectivity index (χ2n) is 5.02. The van der Waals surface area contributed by atoms with E-state index in [1.807, 2.05) is 20.8 Å². The van der Waals surface area contributed by atoms with Crippen LogP contribution in [0.2, 0.25) is 0 Å². The Morgan fingerprint density at radius 1 is 1.31 bits per heavy atom. The van der Waals surface area contributed by atoms with E-state index in [1.54, 1.807) is 11.4 Å². The molecule has 1 aliphatic rings. The van der Waals surface area contributed by atoms with E-state index >= 15 is 0 Å². The second kappa shape index (κ2) is 5.47. The number of hydrogen-bond acceptors (Lipinski definition) is 3. The summed E-state index contributed by atoms with van der Waals surface area (Å²) in [6.45, 7) is 6.57. The van der Waals surface area contributed by atoms with Crippen molar-refractivity contribution in [1.29, 1.82) is 0 Å². The molecule has 5 heteroatoms. The Kier molecular flexibility index (Phi) is 4.76. The fraction of sp³-hybridized carbons (Fsp3) is 1.00. The SMILES string of the molecule is CC(C)NCCS(=O)(=O)N(C)C(C)C1CC1. The van der Waals surface area contributed by atoms with Gasteiger partial charge in [-0.3, -0.25) is 0 Å². The van der Waals surface area contributed by atoms with Crippen LogP contribution in [-0.4, -0.2) is 44.2 Å². The van der Waals surface area contributed by atoms with Crippen LogP contribution >= 0.6 is 0 Å². The molecule has 1 fully saturated rings. The molecule has 4 nitrogen and oxygen atoms in total. The van der Waals surface area contributed by atoms with Gasteiger partial charge in [0.05, 0.1) is 5.75 Å². The molecular weight excluding hydrogens is 224 g/mol. The fourth-order valence-electron chi connectivity index (χ4n) is 1.75. The molecule has 0 aromatic rings. The molecule has 1 N–H and O–H groups in total. The predicted octanol–water partition coefficient (Wildman–Crippen LogP) is 1.04. The fourth-order valence-corrected chi connectivity index (χ4v) is 3.09. The zero-order valence-corrected chi connectivity index (χ0v) is 11.5. The minimum absolute atomic E-state index is 0.157. The van der Waals surface area contributed by atoms with Crippen LogP contribution in [0.3, 0.4) is 0 Å². The van der Waals surface area contributed by atoms with E-state index in [2.05, 4.69) is 5.32 Å². The Balaban J connectivity index is 2.42. The highest BCUT2D eigenvalue weighted by molar-refractivity contribution is 7.89. The van der Waals surface area contributed by atoms with E-state index in [-0.39, 0.29) is 11.8 Å². The number of nitrogens with one attached hydrogen (secondary N) is 1. The smallest absolute Gasteiger partial charge is 0.215 e. The first kappa shape index (κ1) is 13.9. The topological polar surface area (TPSA) is 49.4 Å². The van der Waals surface area contributed by atoms with Crippen LogP contribution < -0.4 is 5.32 Å². The second-order valence-corrected chi connectivity index (χ2v) is 7.17. The summed E-state index contributed by atoms with van der Waals surface area (Å²) in [6.07, 6.45) is 2.34. The first-order chi connectivity index (χ1) is 7.34. The first-order valence-corrected chi connectivity index (χ1v) is 7.64. The Labute approximate surface area is 99.5 Å². The van der Waals surface area contributed by atoms with Gasteiger partial charge >= 0.3 is 0 Å². The van der Waals surface area contributed by atoms with Crippen LogP contribution in [0.1, 0.15) is 33.6 Å². The van der Waals surface area contributed by atoms with Crippen molar-refractivity contribution in [1.82, 2.24) is 9.62 Å².